The van der Waals surface area contributed by atoms with Crippen molar-refractivity contribution in [3.05, 3.63) is 125 Å². The van der Waals surface area contributed by atoms with Crippen LogP contribution in [-0.2, 0) is 20.7 Å². The number of halogens is 1. The van der Waals surface area contributed by atoms with Gasteiger partial charge in [0.05, 0.1) is 36.1 Å². The van der Waals surface area contributed by atoms with Crippen LogP contribution in [0, 0.1) is 0 Å². The molecule has 0 radical (unpaired) electrons. The van der Waals surface area contributed by atoms with Crippen LogP contribution in [-0.4, -0.2) is 60.7 Å². The van der Waals surface area contributed by atoms with Gasteiger partial charge in [-0.15, -0.1) is 11.8 Å². The average molecular weight is 659 g/mol. The van der Waals surface area contributed by atoms with E-state index in [9.17, 15) is 9.59 Å². The van der Waals surface area contributed by atoms with Gasteiger partial charge in [0.15, 0.2) is 0 Å². The predicted molar refractivity (Wildman–Crippen MR) is 183 cm³/mol. The Kier molecular flexibility index (Phi) is 11.8. The third-order valence-corrected chi connectivity index (χ3v) is 9.72. The van der Waals surface area contributed by atoms with E-state index < -0.39 is 24.0 Å². The summed E-state index contributed by atoms with van der Waals surface area (Å²) in [5.74, 6) is -0.329. The number of amides is 2. The summed E-state index contributed by atoms with van der Waals surface area (Å²) < 4.78 is 11.7. The van der Waals surface area contributed by atoms with E-state index in [1.165, 1.54) is 7.11 Å². The number of nitrogens with two attached hydrogens (primary N) is 1. The number of nitrogens with zero attached hydrogens (tertiary/aromatic N) is 2. The fourth-order valence-electron chi connectivity index (χ4n) is 5.73. The lowest BCUT2D eigenvalue weighted by Crippen LogP contribution is -2.52. The Morgan fingerprint density at radius 1 is 1.02 bits per heavy atom. The monoisotopic (exact) mass is 658 g/mol. The molecular formula is C36H39ClN4O4S. The Balaban J connectivity index is 1.33. The fourth-order valence-corrected chi connectivity index (χ4v) is 7.04. The first-order valence-corrected chi connectivity index (χ1v) is 16.7. The number of nitrogens with one attached hydrogen (secondary N) is 1. The maximum Gasteiger partial charge on any atom is 0.420 e. The van der Waals surface area contributed by atoms with Crippen LogP contribution < -0.4 is 16.0 Å². The van der Waals surface area contributed by atoms with E-state index >= 15 is 0 Å². The largest absolute Gasteiger partial charge is 0.452 e. The van der Waals surface area contributed by atoms with Crippen LogP contribution in [0.2, 0.25) is 5.02 Å². The highest BCUT2D eigenvalue weighted by molar-refractivity contribution is 7.99. The summed E-state index contributed by atoms with van der Waals surface area (Å²) in [6, 6.07) is 29.4. The third-order valence-electron chi connectivity index (χ3n) is 8.21. The van der Waals surface area contributed by atoms with Gasteiger partial charge in [-0.3, -0.25) is 4.79 Å². The molecule has 0 unspecified atom stereocenters. The van der Waals surface area contributed by atoms with Crippen molar-refractivity contribution >= 4 is 41.1 Å². The summed E-state index contributed by atoms with van der Waals surface area (Å²) >= 11 is 7.89. The number of morpholine rings is 1. The Morgan fingerprint density at radius 3 is 2.33 bits per heavy atom. The van der Waals surface area contributed by atoms with Gasteiger partial charge in [-0.25, -0.2) is 14.7 Å². The van der Waals surface area contributed by atoms with Crippen molar-refractivity contribution in [2.45, 2.75) is 55.0 Å². The molecule has 10 heteroatoms. The highest BCUT2D eigenvalue weighted by Gasteiger charge is 2.36. The van der Waals surface area contributed by atoms with E-state index in [4.69, 9.17) is 26.8 Å². The Bertz CT molecular complexity index is 1560. The minimum Gasteiger partial charge on any atom is -0.452 e. The van der Waals surface area contributed by atoms with E-state index in [-0.39, 0.29) is 18.2 Å². The molecule has 3 N–H and O–H groups in total. The van der Waals surface area contributed by atoms with Gasteiger partial charge >= 0.3 is 6.09 Å². The van der Waals surface area contributed by atoms with E-state index in [1.807, 2.05) is 84.9 Å². The van der Waals surface area contributed by atoms with E-state index in [0.717, 1.165) is 26.6 Å². The number of rotatable bonds is 11. The normalized spacial score (nSPS) is 18.6. The molecule has 0 saturated carbocycles. The van der Waals surface area contributed by atoms with Crippen LogP contribution in [0.15, 0.2) is 108 Å². The quantitative estimate of drug-likeness (QED) is 0.177. The summed E-state index contributed by atoms with van der Waals surface area (Å²) in [5, 5.41) is 4.97. The van der Waals surface area contributed by atoms with Crippen molar-refractivity contribution in [1.29, 1.82) is 0 Å². The van der Waals surface area contributed by atoms with Gasteiger partial charge in [-0.1, -0.05) is 90.5 Å². The zero-order valence-electron chi connectivity index (χ0n) is 25.9. The Labute approximate surface area is 279 Å². The number of aromatic nitrogens is 1. The summed E-state index contributed by atoms with van der Waals surface area (Å²) in [6.07, 6.45) is 2.07. The molecule has 46 heavy (non-hydrogen) atoms. The minimum atomic E-state index is -1.06. The van der Waals surface area contributed by atoms with Crippen molar-refractivity contribution in [3.63, 3.8) is 0 Å². The number of imide groups is 1. The first kappa shape index (κ1) is 33.6. The molecule has 1 saturated heterocycles. The second-order valence-electron chi connectivity index (χ2n) is 11.2. The van der Waals surface area contributed by atoms with Gasteiger partial charge < -0.3 is 20.5 Å². The lowest BCUT2D eigenvalue weighted by Gasteiger charge is -2.36. The molecule has 4 aromatic rings. The molecular weight excluding hydrogens is 620 g/mol. The molecule has 2 heterocycles. The number of benzene rings is 3. The van der Waals surface area contributed by atoms with Gasteiger partial charge in [0, 0.05) is 30.5 Å². The maximum absolute atomic E-state index is 14.2. The number of ether oxygens (including phenoxy) is 2. The molecule has 1 aliphatic heterocycles. The first-order chi connectivity index (χ1) is 22.4. The van der Waals surface area contributed by atoms with Crippen LogP contribution in [0.1, 0.15) is 36.0 Å². The molecule has 2 amide bonds. The summed E-state index contributed by atoms with van der Waals surface area (Å²) in [6.45, 7) is 2.80. The third kappa shape index (κ3) is 8.15. The molecule has 240 valence electrons. The second kappa shape index (κ2) is 16.2. The molecule has 1 aromatic heterocycles. The van der Waals surface area contributed by atoms with E-state index in [2.05, 4.69) is 17.2 Å². The molecule has 3 aromatic carbocycles. The number of aryl methyl sites for hydroxylation is 1. The standard InChI is InChI=1S/C36H39ClN4O4S/c1-24-31(23-46-34-29(37)17-11-21-39-34)45-28(22-40-24)20-19-25-12-9-10-18-30(25)41(36(43)44-2)35(42)33(38)32(26-13-5-3-6-14-26)27-15-7-4-8-16-27/h3-18,21,24,28,31-33,40H,19-20,22-23,38H2,1-2H3/t24-,28-,31-,33+/m1/s1. The van der Waals surface area contributed by atoms with Crippen molar-refractivity contribution in [1.82, 2.24) is 10.3 Å². The maximum atomic E-state index is 14.2. The van der Waals surface area contributed by atoms with Crippen molar-refractivity contribution in [2.75, 3.05) is 24.3 Å². The molecule has 0 bridgehead atoms. The molecule has 4 atom stereocenters. The zero-order valence-corrected chi connectivity index (χ0v) is 27.5. The molecule has 1 fully saturated rings. The van der Waals surface area contributed by atoms with Gasteiger partial charge in [0.25, 0.3) is 5.91 Å². The van der Waals surface area contributed by atoms with E-state index in [0.29, 0.717) is 35.8 Å². The predicted octanol–water partition coefficient (Wildman–Crippen LogP) is 6.46. The van der Waals surface area contributed by atoms with Gasteiger partial charge in [0.2, 0.25) is 0 Å². The van der Waals surface area contributed by atoms with E-state index in [1.54, 1.807) is 30.1 Å². The van der Waals surface area contributed by atoms with Crippen molar-refractivity contribution in [2.24, 2.45) is 5.73 Å². The molecule has 5 rings (SSSR count). The summed E-state index contributed by atoms with van der Waals surface area (Å²) in [4.78, 5) is 33.0. The fraction of sp³-hybridized carbons (Fsp3) is 0.306. The molecule has 0 spiro atoms. The van der Waals surface area contributed by atoms with Crippen LogP contribution in [0.3, 0.4) is 0 Å². The highest BCUT2D eigenvalue weighted by Crippen LogP contribution is 2.32. The first-order valence-electron chi connectivity index (χ1n) is 15.3. The lowest BCUT2D eigenvalue weighted by molar-refractivity contribution is -0.119. The van der Waals surface area contributed by atoms with Crippen molar-refractivity contribution in [3.8, 4) is 0 Å². The number of carbonyl (C=O) groups excluding carboxylic acids is 2. The smallest absolute Gasteiger partial charge is 0.420 e. The lowest BCUT2D eigenvalue weighted by atomic mass is 9.84. The number of carbonyl (C=O) groups is 2. The van der Waals surface area contributed by atoms with Crippen LogP contribution in [0.4, 0.5) is 10.5 Å². The molecule has 8 nitrogen and oxygen atoms in total. The average Bonchev–Trinajstić information content (AvgIpc) is 3.09. The number of pyridine rings is 1. The summed E-state index contributed by atoms with van der Waals surface area (Å²) in [5.41, 5.74) is 9.78. The zero-order chi connectivity index (χ0) is 32.5. The number of hydrogen-bond donors (Lipinski definition) is 2. The Hall–Kier alpha value is -3.73. The van der Waals surface area contributed by atoms with Crippen LogP contribution in [0.5, 0.6) is 0 Å². The topological polar surface area (TPSA) is 107 Å². The Morgan fingerprint density at radius 2 is 1.67 bits per heavy atom. The van der Waals surface area contributed by atoms with Gasteiger partial charge in [0.1, 0.15) is 5.03 Å². The highest BCUT2D eigenvalue weighted by atomic mass is 35.5. The number of methoxy groups -OCH3 is 1. The number of para-hydroxylation sites is 1. The van der Waals surface area contributed by atoms with Crippen LogP contribution in [0.25, 0.3) is 0 Å². The van der Waals surface area contributed by atoms with Gasteiger partial charge in [-0.05, 0) is 54.7 Å². The SMILES string of the molecule is COC(=O)N(C(=O)[C@@H](N)C(c1ccccc1)c1ccccc1)c1ccccc1CC[C@@H]1CN[C@H](C)[C@@H](CSc2ncccc2Cl)O1. The minimum absolute atomic E-state index is 0.0453. The second-order valence-corrected chi connectivity index (χ2v) is 12.6. The number of thioether (sulfide) groups is 1. The molecule has 1 aliphatic rings. The number of hydrogen-bond acceptors (Lipinski definition) is 8. The number of anilines is 1. The molecule has 0 aliphatic carbocycles. The van der Waals surface area contributed by atoms with Crippen molar-refractivity contribution < 1.29 is 19.1 Å². The summed E-state index contributed by atoms with van der Waals surface area (Å²) in [7, 11) is 1.27. The van der Waals surface area contributed by atoms with Crippen LogP contribution >= 0.6 is 23.4 Å². The van der Waals surface area contributed by atoms with Gasteiger partial charge in [-0.2, -0.15) is 0 Å².